The number of amides is 2. The van der Waals surface area contributed by atoms with Gasteiger partial charge in [-0.3, -0.25) is 10.1 Å². The normalized spacial score (nSPS) is 9.77. The van der Waals surface area contributed by atoms with Gasteiger partial charge in [0.25, 0.3) is 0 Å². The molecule has 0 radical (unpaired) electrons. The Balaban J connectivity index is 2.55. The number of hydrogen-bond acceptors (Lipinski definition) is 4. The second kappa shape index (κ2) is 9.22. The lowest BCUT2D eigenvalue weighted by Gasteiger charge is -2.23. The summed E-state index contributed by atoms with van der Waals surface area (Å²) >= 11 is 11.1. The van der Waals surface area contributed by atoms with Gasteiger partial charge in [0.1, 0.15) is 0 Å². The molecule has 1 aromatic carbocycles. The zero-order valence-electron chi connectivity index (χ0n) is 12.4. The molecule has 0 spiro atoms. The minimum atomic E-state index is -0.764. The van der Waals surface area contributed by atoms with Crippen molar-refractivity contribution in [1.82, 2.24) is 10.2 Å². The molecule has 2 N–H and O–H groups in total. The van der Waals surface area contributed by atoms with Crippen LogP contribution >= 0.6 is 23.8 Å². The van der Waals surface area contributed by atoms with Crippen LogP contribution in [-0.2, 0) is 9.53 Å². The molecule has 0 aromatic heterocycles. The Kier molecular flexibility index (Phi) is 7.62. The Morgan fingerprint density at radius 2 is 1.91 bits per heavy atom. The Morgan fingerprint density at radius 1 is 1.27 bits per heavy atom. The molecule has 0 aliphatic rings. The molecule has 2 amide bonds. The van der Waals surface area contributed by atoms with Gasteiger partial charge in [0.15, 0.2) is 5.11 Å². The molecule has 6 nitrogen and oxygen atoms in total. The zero-order chi connectivity index (χ0) is 16.5. The molecule has 1 rings (SSSR count). The molecule has 0 unspecified atom stereocenters. The van der Waals surface area contributed by atoms with E-state index in [2.05, 4.69) is 15.4 Å². The lowest BCUT2D eigenvalue weighted by atomic mass is 10.3. The molecule has 0 saturated heterocycles. The first-order chi connectivity index (χ1) is 10.5. The predicted molar refractivity (Wildman–Crippen MR) is 90.1 cm³/mol. The van der Waals surface area contributed by atoms with Crippen LogP contribution in [0.2, 0.25) is 5.02 Å². The van der Waals surface area contributed by atoms with E-state index < -0.39 is 12.0 Å². The number of hydrogen-bond donors (Lipinski definition) is 2. The molecule has 1 aromatic rings. The van der Waals surface area contributed by atoms with Gasteiger partial charge < -0.3 is 15.0 Å². The summed E-state index contributed by atoms with van der Waals surface area (Å²) in [5, 5.41) is 6.13. The van der Waals surface area contributed by atoms with Crippen molar-refractivity contribution in [3.05, 3.63) is 29.3 Å². The first kappa shape index (κ1) is 18.2. The van der Waals surface area contributed by atoms with E-state index in [1.807, 2.05) is 6.92 Å². The second-order valence-corrected chi connectivity index (χ2v) is 5.04. The van der Waals surface area contributed by atoms with Crippen molar-refractivity contribution in [2.75, 3.05) is 25.0 Å². The second-order valence-electron chi connectivity index (χ2n) is 4.22. The fourth-order valence-electron chi connectivity index (χ4n) is 1.56. The average Bonchev–Trinajstić information content (AvgIpc) is 2.47. The highest BCUT2D eigenvalue weighted by molar-refractivity contribution is 7.80. The smallest absolute Gasteiger partial charge is 0.413 e. The highest BCUT2D eigenvalue weighted by Gasteiger charge is 2.15. The number of ether oxygens (including phenoxy) is 1. The third kappa shape index (κ3) is 6.28. The third-order valence-corrected chi connectivity index (χ3v) is 3.23. The number of nitrogens with one attached hydrogen (secondary N) is 2. The van der Waals surface area contributed by atoms with Crippen LogP contribution in [0.1, 0.15) is 13.8 Å². The Hall–Kier alpha value is -1.86. The van der Waals surface area contributed by atoms with Crippen molar-refractivity contribution in [3.8, 4) is 0 Å². The SMILES string of the molecule is CCOC(=O)NC(=O)CN(CC)C(=S)Nc1ccc(Cl)cc1. The highest BCUT2D eigenvalue weighted by Crippen LogP contribution is 2.13. The number of thiocarbonyl (C=S) groups is 1. The maximum atomic E-state index is 11.7. The highest BCUT2D eigenvalue weighted by atomic mass is 35.5. The number of carbonyl (C=O) groups excluding carboxylic acids is 2. The first-order valence-corrected chi connectivity index (χ1v) is 7.53. The van der Waals surface area contributed by atoms with Crippen LogP contribution < -0.4 is 10.6 Å². The number of rotatable bonds is 5. The van der Waals surface area contributed by atoms with Crippen LogP contribution in [0.3, 0.4) is 0 Å². The molecule has 0 aliphatic heterocycles. The van der Waals surface area contributed by atoms with Gasteiger partial charge in [-0.05, 0) is 50.3 Å². The largest absolute Gasteiger partial charge is 0.450 e. The number of benzene rings is 1. The van der Waals surface area contributed by atoms with Gasteiger partial charge in [-0.1, -0.05) is 11.6 Å². The summed E-state index contributed by atoms with van der Waals surface area (Å²) in [4.78, 5) is 24.5. The number of anilines is 1. The van der Waals surface area contributed by atoms with Gasteiger partial charge in [0.05, 0.1) is 13.2 Å². The van der Waals surface area contributed by atoms with Crippen molar-refractivity contribution in [2.24, 2.45) is 0 Å². The molecule has 0 bridgehead atoms. The lowest BCUT2D eigenvalue weighted by molar-refractivity contribution is -0.120. The number of alkyl carbamates (subject to hydrolysis) is 1. The van der Waals surface area contributed by atoms with Crippen molar-refractivity contribution < 1.29 is 14.3 Å². The van der Waals surface area contributed by atoms with Gasteiger partial charge in [-0.2, -0.15) is 0 Å². The molecule has 0 heterocycles. The van der Waals surface area contributed by atoms with Gasteiger partial charge in [-0.15, -0.1) is 0 Å². The summed E-state index contributed by atoms with van der Waals surface area (Å²) in [5.41, 5.74) is 0.763. The minimum Gasteiger partial charge on any atom is -0.450 e. The first-order valence-electron chi connectivity index (χ1n) is 6.74. The van der Waals surface area contributed by atoms with E-state index in [4.69, 9.17) is 23.8 Å². The van der Waals surface area contributed by atoms with Crippen LogP contribution in [-0.4, -0.2) is 41.7 Å². The summed E-state index contributed by atoms with van der Waals surface area (Å²) in [6.07, 6.45) is -0.764. The van der Waals surface area contributed by atoms with Crippen molar-refractivity contribution in [2.45, 2.75) is 13.8 Å². The summed E-state index contributed by atoms with van der Waals surface area (Å²) in [6.45, 7) is 4.18. The van der Waals surface area contributed by atoms with E-state index >= 15 is 0 Å². The van der Waals surface area contributed by atoms with Gasteiger partial charge in [0, 0.05) is 17.3 Å². The van der Waals surface area contributed by atoms with Crippen LogP contribution in [0.15, 0.2) is 24.3 Å². The number of nitrogens with zero attached hydrogens (tertiary/aromatic N) is 1. The van der Waals surface area contributed by atoms with Crippen molar-refractivity contribution >= 4 is 46.6 Å². The number of halogens is 1. The van der Waals surface area contributed by atoms with Crippen LogP contribution in [0.25, 0.3) is 0 Å². The fraction of sp³-hybridized carbons (Fsp3) is 0.357. The standard InChI is InChI=1S/C14H18ClN3O3S/c1-3-18(9-12(19)17-14(20)21-4-2)13(22)16-11-7-5-10(15)6-8-11/h5-8H,3-4,9H2,1-2H3,(H,16,22)(H,17,19,20). The minimum absolute atomic E-state index is 0.0469. The summed E-state index contributed by atoms with van der Waals surface area (Å²) in [6, 6.07) is 7.02. The summed E-state index contributed by atoms with van der Waals surface area (Å²) in [5.74, 6) is -0.486. The van der Waals surface area contributed by atoms with Crippen LogP contribution in [0, 0.1) is 0 Å². The van der Waals surface area contributed by atoms with Crippen molar-refractivity contribution in [3.63, 3.8) is 0 Å². The predicted octanol–water partition coefficient (Wildman–Crippen LogP) is 2.63. The van der Waals surface area contributed by atoms with Crippen LogP contribution in [0.4, 0.5) is 10.5 Å². The van der Waals surface area contributed by atoms with Gasteiger partial charge in [0.2, 0.25) is 5.91 Å². The molecule has 0 fully saturated rings. The topological polar surface area (TPSA) is 70.7 Å². The Labute approximate surface area is 139 Å². The molecule has 0 saturated carbocycles. The Bertz CT molecular complexity index is 537. The molecule has 0 atom stereocenters. The molecule has 0 aliphatic carbocycles. The van der Waals surface area contributed by atoms with E-state index in [9.17, 15) is 9.59 Å². The van der Waals surface area contributed by atoms with Gasteiger partial charge >= 0.3 is 6.09 Å². The Morgan fingerprint density at radius 3 is 2.45 bits per heavy atom. The molecule has 120 valence electrons. The molecule has 8 heteroatoms. The molecular weight excluding hydrogens is 326 g/mol. The average molecular weight is 344 g/mol. The lowest BCUT2D eigenvalue weighted by Crippen LogP contribution is -2.44. The van der Waals surface area contributed by atoms with E-state index in [1.54, 1.807) is 36.1 Å². The summed E-state index contributed by atoms with van der Waals surface area (Å²) in [7, 11) is 0. The van der Waals surface area contributed by atoms with E-state index in [0.29, 0.717) is 16.7 Å². The van der Waals surface area contributed by atoms with Crippen molar-refractivity contribution in [1.29, 1.82) is 0 Å². The quantitative estimate of drug-likeness (QED) is 0.801. The number of likely N-dealkylation sites (N-methyl/N-ethyl adjacent to an activating group) is 1. The summed E-state index contributed by atoms with van der Waals surface area (Å²) < 4.78 is 4.64. The number of imide groups is 1. The van der Waals surface area contributed by atoms with E-state index in [0.717, 1.165) is 5.69 Å². The monoisotopic (exact) mass is 343 g/mol. The van der Waals surface area contributed by atoms with E-state index in [1.165, 1.54) is 0 Å². The third-order valence-electron chi connectivity index (χ3n) is 2.62. The molecule has 22 heavy (non-hydrogen) atoms. The molecular formula is C14H18ClN3O3S. The zero-order valence-corrected chi connectivity index (χ0v) is 14.0. The maximum Gasteiger partial charge on any atom is 0.413 e. The van der Waals surface area contributed by atoms with Crippen LogP contribution in [0.5, 0.6) is 0 Å². The maximum absolute atomic E-state index is 11.7. The van der Waals surface area contributed by atoms with E-state index in [-0.39, 0.29) is 13.2 Å². The fourth-order valence-corrected chi connectivity index (χ4v) is 1.99. The van der Waals surface area contributed by atoms with Gasteiger partial charge in [-0.25, -0.2) is 4.79 Å². The number of carbonyl (C=O) groups is 2.